The lowest BCUT2D eigenvalue weighted by atomic mass is 9.55. The second-order valence-corrected chi connectivity index (χ2v) is 14.9. The van der Waals surface area contributed by atoms with E-state index in [-0.39, 0.29) is 10.8 Å². The van der Waals surface area contributed by atoms with Crippen LogP contribution in [0.25, 0.3) is 52.8 Å². The van der Waals surface area contributed by atoms with Gasteiger partial charge in [0.2, 0.25) is 0 Å². The topological polar surface area (TPSA) is 3.24 Å². The van der Waals surface area contributed by atoms with Gasteiger partial charge in [0.05, 0.1) is 5.69 Å². The fourth-order valence-corrected chi connectivity index (χ4v) is 9.11. The van der Waals surface area contributed by atoms with Crippen molar-refractivity contribution >= 4 is 70.1 Å². The van der Waals surface area contributed by atoms with E-state index in [0.29, 0.717) is 0 Å². The maximum absolute atomic E-state index is 2.43. The van der Waals surface area contributed by atoms with Crippen molar-refractivity contribution < 1.29 is 0 Å². The van der Waals surface area contributed by atoms with Crippen molar-refractivity contribution in [2.24, 2.45) is 0 Å². The van der Waals surface area contributed by atoms with Gasteiger partial charge in [-0.1, -0.05) is 125 Å². The van der Waals surface area contributed by atoms with Gasteiger partial charge in [0.15, 0.2) is 0 Å². The Morgan fingerprint density at radius 2 is 1.11 bits per heavy atom. The van der Waals surface area contributed by atoms with Crippen molar-refractivity contribution in [3.05, 3.63) is 151 Å². The molecule has 0 amide bonds. The Kier molecular flexibility index (Phi) is 5.83. The van der Waals surface area contributed by atoms with Crippen LogP contribution in [0.3, 0.4) is 0 Å². The molecule has 7 aromatic carbocycles. The Hall–Kier alpha value is -4.92. The highest BCUT2D eigenvalue weighted by Gasteiger charge is 2.46. The van der Waals surface area contributed by atoms with E-state index in [4.69, 9.17) is 0 Å². The summed E-state index contributed by atoms with van der Waals surface area (Å²) in [4.78, 5) is 2.43. The third-order valence-electron chi connectivity index (χ3n) is 11.0. The molecule has 0 aliphatic heterocycles. The second-order valence-electron chi connectivity index (χ2n) is 13.8. The van der Waals surface area contributed by atoms with Crippen molar-refractivity contribution in [2.75, 3.05) is 4.90 Å². The Labute approximate surface area is 274 Å². The lowest BCUT2D eigenvalue weighted by molar-refractivity contribution is 0.301. The number of para-hydroxylation sites is 1. The summed E-state index contributed by atoms with van der Waals surface area (Å²) in [7, 11) is 0. The van der Waals surface area contributed by atoms with E-state index < -0.39 is 0 Å². The minimum absolute atomic E-state index is 0.0176. The first-order chi connectivity index (χ1) is 22.3. The fraction of sp³-hybridized carbons (Fsp3) is 0.136. The summed E-state index contributed by atoms with van der Waals surface area (Å²) in [6.45, 7) is 9.70. The zero-order valence-electron chi connectivity index (χ0n) is 26.6. The van der Waals surface area contributed by atoms with Gasteiger partial charge in [-0.25, -0.2) is 0 Å². The predicted molar refractivity (Wildman–Crippen MR) is 201 cm³/mol. The van der Waals surface area contributed by atoms with Crippen LogP contribution < -0.4 is 4.90 Å². The van der Waals surface area contributed by atoms with E-state index in [1.807, 2.05) is 11.3 Å². The zero-order valence-corrected chi connectivity index (χ0v) is 27.5. The number of hydrogen-bond donors (Lipinski definition) is 0. The molecule has 0 atom stereocenters. The molecule has 1 aliphatic rings. The molecule has 1 nitrogen and oxygen atoms in total. The van der Waals surface area contributed by atoms with Crippen LogP contribution in [0.1, 0.15) is 38.8 Å². The Morgan fingerprint density at radius 3 is 1.98 bits per heavy atom. The minimum atomic E-state index is -0.0592. The van der Waals surface area contributed by atoms with E-state index in [1.165, 1.54) is 75.3 Å². The molecule has 1 aliphatic carbocycles. The normalized spacial score (nSPS) is 14.9. The first kappa shape index (κ1) is 27.4. The molecule has 2 heteroatoms. The molecule has 222 valence electrons. The van der Waals surface area contributed by atoms with Gasteiger partial charge < -0.3 is 4.90 Å². The Bertz CT molecular complexity index is 2480. The summed E-state index contributed by atoms with van der Waals surface area (Å²) >= 11 is 1.87. The molecule has 0 unspecified atom stereocenters. The molecular formula is C44H35NS. The van der Waals surface area contributed by atoms with E-state index in [1.54, 1.807) is 0 Å². The molecule has 8 aromatic rings. The lowest BCUT2D eigenvalue weighted by Crippen LogP contribution is -2.43. The monoisotopic (exact) mass is 609 g/mol. The third-order valence-corrected chi connectivity index (χ3v) is 12.1. The van der Waals surface area contributed by atoms with Crippen LogP contribution in [0.15, 0.2) is 140 Å². The molecule has 0 fully saturated rings. The zero-order chi connectivity index (χ0) is 31.2. The van der Waals surface area contributed by atoms with Crippen LogP contribution in [0.2, 0.25) is 0 Å². The molecule has 0 saturated carbocycles. The second kappa shape index (κ2) is 9.79. The number of hydrogen-bond acceptors (Lipinski definition) is 2. The molecule has 0 bridgehead atoms. The summed E-state index contributed by atoms with van der Waals surface area (Å²) in [5.74, 6) is 0. The van der Waals surface area contributed by atoms with Crippen molar-refractivity contribution in [3.63, 3.8) is 0 Å². The van der Waals surface area contributed by atoms with Crippen LogP contribution in [0, 0.1) is 0 Å². The van der Waals surface area contributed by atoms with Crippen molar-refractivity contribution in [1.82, 2.24) is 0 Å². The SMILES string of the molecule is CC1(C)c2ccccc2-c2ccc3c(ccc4c(N(c5ccccc5)c5ccc6sc7ccccc7c6c5)cccc43)c2C1(C)C. The molecule has 0 N–H and O–H groups in total. The molecule has 46 heavy (non-hydrogen) atoms. The summed E-state index contributed by atoms with van der Waals surface area (Å²) in [6, 6.07) is 51.8. The van der Waals surface area contributed by atoms with Crippen LogP contribution in [-0.4, -0.2) is 0 Å². The smallest absolute Gasteiger partial charge is 0.0540 e. The van der Waals surface area contributed by atoms with Crippen molar-refractivity contribution in [2.45, 2.75) is 38.5 Å². The minimum Gasteiger partial charge on any atom is -0.310 e. The van der Waals surface area contributed by atoms with Gasteiger partial charge in [0, 0.05) is 42.3 Å². The number of thiophene rings is 1. The van der Waals surface area contributed by atoms with E-state index in [2.05, 4.69) is 172 Å². The molecule has 1 heterocycles. The Balaban J connectivity index is 1.30. The highest BCUT2D eigenvalue weighted by atomic mass is 32.1. The van der Waals surface area contributed by atoms with Crippen LogP contribution in [0.4, 0.5) is 17.1 Å². The molecule has 0 spiro atoms. The van der Waals surface area contributed by atoms with Gasteiger partial charge >= 0.3 is 0 Å². The van der Waals surface area contributed by atoms with Crippen molar-refractivity contribution in [3.8, 4) is 11.1 Å². The van der Waals surface area contributed by atoms with Gasteiger partial charge in [0.25, 0.3) is 0 Å². The largest absolute Gasteiger partial charge is 0.310 e. The molecule has 1 aromatic heterocycles. The number of rotatable bonds is 3. The average Bonchev–Trinajstić information content (AvgIpc) is 3.46. The van der Waals surface area contributed by atoms with Gasteiger partial charge in [-0.2, -0.15) is 0 Å². The highest BCUT2D eigenvalue weighted by Crippen LogP contribution is 2.56. The molecule has 9 rings (SSSR count). The summed E-state index contributed by atoms with van der Waals surface area (Å²) < 4.78 is 2.65. The number of benzene rings is 7. The predicted octanol–water partition coefficient (Wildman–Crippen LogP) is 13.1. The van der Waals surface area contributed by atoms with Crippen molar-refractivity contribution in [1.29, 1.82) is 0 Å². The van der Waals surface area contributed by atoms with E-state index in [9.17, 15) is 0 Å². The van der Waals surface area contributed by atoms with Gasteiger partial charge in [-0.15, -0.1) is 11.3 Å². The third kappa shape index (κ3) is 3.74. The fourth-order valence-electron chi connectivity index (χ4n) is 8.02. The maximum atomic E-state index is 2.43. The standard InChI is InChI=1S/C44H35NS/c1-43(2)38-18-10-8-15-32(38)36-24-22-31-30-17-12-19-39(33(30)23-25-35(31)42(36)44(43,3)4)45(28-13-6-5-7-14-28)29-21-26-41-37(27-29)34-16-9-11-20-40(34)46-41/h5-27H,1-4H3. The van der Waals surface area contributed by atoms with Gasteiger partial charge in [-0.3, -0.25) is 0 Å². The molecule has 0 radical (unpaired) electrons. The van der Waals surface area contributed by atoms with Gasteiger partial charge in [-0.05, 0) is 86.3 Å². The average molecular weight is 610 g/mol. The quantitative estimate of drug-likeness (QED) is 0.180. The van der Waals surface area contributed by atoms with Gasteiger partial charge in [0.1, 0.15) is 0 Å². The number of fused-ring (bicyclic) bond motifs is 10. The summed E-state index contributed by atoms with van der Waals surface area (Å²) in [6.07, 6.45) is 0. The maximum Gasteiger partial charge on any atom is 0.0540 e. The number of nitrogens with zero attached hydrogens (tertiary/aromatic N) is 1. The lowest BCUT2D eigenvalue weighted by Gasteiger charge is -2.49. The van der Waals surface area contributed by atoms with Crippen LogP contribution in [0.5, 0.6) is 0 Å². The first-order valence-electron chi connectivity index (χ1n) is 16.2. The Morgan fingerprint density at radius 1 is 0.435 bits per heavy atom. The molecular weight excluding hydrogens is 575 g/mol. The first-order valence-corrected chi connectivity index (χ1v) is 17.0. The van der Waals surface area contributed by atoms with Crippen LogP contribution >= 0.6 is 11.3 Å². The molecule has 0 saturated heterocycles. The van der Waals surface area contributed by atoms with Crippen LogP contribution in [-0.2, 0) is 10.8 Å². The highest BCUT2D eigenvalue weighted by molar-refractivity contribution is 7.25. The summed E-state index contributed by atoms with van der Waals surface area (Å²) in [5.41, 5.74) is 9.05. The summed E-state index contributed by atoms with van der Waals surface area (Å²) in [5, 5.41) is 7.83. The number of anilines is 3. The van der Waals surface area contributed by atoms with E-state index >= 15 is 0 Å². The van der Waals surface area contributed by atoms with E-state index in [0.717, 1.165) is 5.69 Å².